The third-order valence-corrected chi connectivity index (χ3v) is 5.91. The van der Waals surface area contributed by atoms with E-state index < -0.39 is 5.91 Å². The highest BCUT2D eigenvalue weighted by Gasteiger charge is 2.14. The molecule has 0 aliphatic rings. The molecule has 0 aliphatic carbocycles. The number of nitrogens with zero attached hydrogens (tertiary/aromatic N) is 2. The highest BCUT2D eigenvalue weighted by molar-refractivity contribution is 7.22. The lowest BCUT2D eigenvalue weighted by Crippen LogP contribution is -2.13. The number of nitriles is 1. The summed E-state index contributed by atoms with van der Waals surface area (Å²) < 4.78 is 11.8. The molecule has 0 aliphatic heterocycles. The molecule has 1 heterocycles. The van der Waals surface area contributed by atoms with Gasteiger partial charge in [-0.1, -0.05) is 37.3 Å². The smallest absolute Gasteiger partial charge is 0.268 e. The van der Waals surface area contributed by atoms with Crippen molar-refractivity contribution in [2.75, 3.05) is 19.0 Å². The molecule has 1 amide bonds. The van der Waals surface area contributed by atoms with Crippen molar-refractivity contribution >= 4 is 38.7 Å². The van der Waals surface area contributed by atoms with Crippen LogP contribution < -0.4 is 14.8 Å². The second-order valence-electron chi connectivity index (χ2n) is 7.02. The minimum Gasteiger partial charge on any atom is -0.493 e. The first-order valence-corrected chi connectivity index (χ1v) is 10.9. The average molecular weight is 436 g/mol. The first-order valence-electron chi connectivity index (χ1n) is 10.1. The molecule has 31 heavy (non-hydrogen) atoms. The van der Waals surface area contributed by atoms with Gasteiger partial charge >= 0.3 is 0 Å². The minimum absolute atomic E-state index is 0.0224. The Bertz CT molecular complexity index is 1160. The second kappa shape index (κ2) is 10.1. The van der Waals surface area contributed by atoms with Gasteiger partial charge in [-0.15, -0.1) is 0 Å². The van der Waals surface area contributed by atoms with Gasteiger partial charge in [0.25, 0.3) is 5.91 Å². The largest absolute Gasteiger partial charge is 0.493 e. The number of hydrogen-bond acceptors (Lipinski definition) is 6. The quantitative estimate of drug-likeness (QED) is 0.359. The van der Waals surface area contributed by atoms with E-state index in [-0.39, 0.29) is 5.57 Å². The molecular formula is C24H25N3O3S. The topological polar surface area (TPSA) is 84.2 Å². The van der Waals surface area contributed by atoms with E-state index in [9.17, 15) is 10.1 Å². The number of benzene rings is 2. The fourth-order valence-corrected chi connectivity index (χ4v) is 3.97. The van der Waals surface area contributed by atoms with E-state index in [0.29, 0.717) is 34.7 Å². The maximum Gasteiger partial charge on any atom is 0.268 e. The lowest BCUT2D eigenvalue weighted by molar-refractivity contribution is -0.112. The summed E-state index contributed by atoms with van der Waals surface area (Å²) in [4.78, 5) is 17.2. The Morgan fingerprint density at radius 2 is 2.06 bits per heavy atom. The Morgan fingerprint density at radius 3 is 2.74 bits per heavy atom. The standard InChI is InChI=1S/C24H25N3O3S/c1-5-15(3)17-8-9-19-22(13-17)31-24(26-19)27-23(28)18(14-25)11-16-7-10-20(30-6-2)21(12-16)29-4/h7-13,15H,5-6H2,1-4H3,(H,26,27,28)/b18-11+. The Balaban J connectivity index is 1.82. The summed E-state index contributed by atoms with van der Waals surface area (Å²) in [6, 6.07) is 13.4. The van der Waals surface area contributed by atoms with Crippen LogP contribution in [-0.2, 0) is 4.79 Å². The average Bonchev–Trinajstić information content (AvgIpc) is 3.19. The van der Waals surface area contributed by atoms with Crippen molar-refractivity contribution in [3.05, 3.63) is 53.1 Å². The summed E-state index contributed by atoms with van der Waals surface area (Å²) in [5.74, 6) is 1.10. The molecule has 1 atom stereocenters. The molecule has 1 unspecified atom stereocenters. The number of nitrogens with one attached hydrogen (secondary N) is 1. The molecule has 7 heteroatoms. The van der Waals surface area contributed by atoms with Gasteiger partial charge in [-0.05, 0) is 60.7 Å². The summed E-state index contributed by atoms with van der Waals surface area (Å²) >= 11 is 1.40. The zero-order valence-corrected chi connectivity index (χ0v) is 18.9. The predicted molar refractivity (Wildman–Crippen MR) is 125 cm³/mol. The number of carbonyl (C=O) groups is 1. The van der Waals surface area contributed by atoms with Crippen molar-refractivity contribution in [1.29, 1.82) is 5.26 Å². The number of aromatic nitrogens is 1. The van der Waals surface area contributed by atoms with Crippen LogP contribution in [0.1, 0.15) is 44.2 Å². The summed E-state index contributed by atoms with van der Waals surface area (Å²) in [6.07, 6.45) is 2.57. The zero-order chi connectivity index (χ0) is 22.4. The van der Waals surface area contributed by atoms with Gasteiger partial charge < -0.3 is 9.47 Å². The van der Waals surface area contributed by atoms with E-state index >= 15 is 0 Å². The van der Waals surface area contributed by atoms with Crippen molar-refractivity contribution < 1.29 is 14.3 Å². The molecule has 1 N–H and O–H groups in total. The lowest BCUT2D eigenvalue weighted by Gasteiger charge is -2.09. The molecule has 2 aromatic carbocycles. The van der Waals surface area contributed by atoms with Gasteiger partial charge in [0.2, 0.25) is 0 Å². The van der Waals surface area contributed by atoms with Gasteiger partial charge in [-0.25, -0.2) is 4.98 Å². The number of ether oxygens (including phenoxy) is 2. The minimum atomic E-state index is -0.503. The van der Waals surface area contributed by atoms with Crippen LogP contribution in [0.25, 0.3) is 16.3 Å². The summed E-state index contributed by atoms with van der Waals surface area (Å²) in [5.41, 5.74) is 2.71. The van der Waals surface area contributed by atoms with Gasteiger partial charge in [-0.3, -0.25) is 10.1 Å². The van der Waals surface area contributed by atoms with E-state index in [4.69, 9.17) is 9.47 Å². The normalized spacial score (nSPS) is 12.3. The molecule has 3 rings (SSSR count). The number of anilines is 1. The fourth-order valence-electron chi connectivity index (χ4n) is 3.07. The number of rotatable bonds is 8. The van der Waals surface area contributed by atoms with E-state index in [1.165, 1.54) is 23.0 Å². The van der Waals surface area contributed by atoms with E-state index in [0.717, 1.165) is 16.6 Å². The fraction of sp³-hybridized carbons (Fsp3) is 0.292. The summed E-state index contributed by atoms with van der Waals surface area (Å²) in [5, 5.41) is 12.7. The molecule has 3 aromatic rings. The molecule has 0 radical (unpaired) electrons. The van der Waals surface area contributed by atoms with Gasteiger partial charge in [0.15, 0.2) is 16.6 Å². The van der Waals surface area contributed by atoms with Crippen molar-refractivity contribution in [3.63, 3.8) is 0 Å². The highest BCUT2D eigenvalue weighted by atomic mass is 32.1. The monoisotopic (exact) mass is 435 g/mol. The van der Waals surface area contributed by atoms with Crippen LogP contribution in [0.2, 0.25) is 0 Å². The molecule has 0 fully saturated rings. The van der Waals surface area contributed by atoms with Gasteiger partial charge in [0.05, 0.1) is 23.9 Å². The number of carbonyl (C=O) groups excluding carboxylic acids is 1. The Kier molecular flexibility index (Phi) is 7.27. The maximum atomic E-state index is 12.7. The Hall–Kier alpha value is -3.37. The number of methoxy groups -OCH3 is 1. The Morgan fingerprint density at radius 1 is 1.26 bits per heavy atom. The van der Waals surface area contributed by atoms with Crippen LogP contribution in [0.4, 0.5) is 5.13 Å². The molecule has 0 bridgehead atoms. The Labute approximate surface area is 186 Å². The maximum absolute atomic E-state index is 12.7. The zero-order valence-electron chi connectivity index (χ0n) is 18.1. The molecule has 0 saturated heterocycles. The predicted octanol–water partition coefficient (Wildman–Crippen LogP) is 5.76. The summed E-state index contributed by atoms with van der Waals surface area (Å²) in [7, 11) is 1.54. The SMILES string of the molecule is CCOc1ccc(/C=C(\C#N)C(=O)Nc2nc3ccc(C(C)CC)cc3s2)cc1OC. The van der Waals surface area contributed by atoms with E-state index in [1.54, 1.807) is 25.3 Å². The number of thiazole rings is 1. The van der Waals surface area contributed by atoms with E-state index in [2.05, 4.69) is 36.3 Å². The van der Waals surface area contributed by atoms with Crippen molar-refractivity contribution in [1.82, 2.24) is 4.98 Å². The van der Waals surface area contributed by atoms with Crippen LogP contribution in [-0.4, -0.2) is 24.6 Å². The van der Waals surface area contributed by atoms with Crippen molar-refractivity contribution in [2.24, 2.45) is 0 Å². The first kappa shape index (κ1) is 22.3. The van der Waals surface area contributed by atoms with Gasteiger partial charge in [0.1, 0.15) is 11.6 Å². The molecule has 6 nitrogen and oxygen atoms in total. The number of hydrogen-bond donors (Lipinski definition) is 1. The summed E-state index contributed by atoms with van der Waals surface area (Å²) in [6.45, 7) is 6.74. The van der Waals surface area contributed by atoms with Crippen molar-refractivity contribution in [3.8, 4) is 17.6 Å². The molecule has 160 valence electrons. The third-order valence-electron chi connectivity index (χ3n) is 4.98. The van der Waals surface area contributed by atoms with Crippen LogP contribution in [0.3, 0.4) is 0 Å². The number of amides is 1. The molecule has 0 spiro atoms. The van der Waals surface area contributed by atoms with Crippen LogP contribution in [0.15, 0.2) is 42.0 Å². The molecular weight excluding hydrogens is 410 g/mol. The van der Waals surface area contributed by atoms with Gasteiger partial charge in [-0.2, -0.15) is 5.26 Å². The van der Waals surface area contributed by atoms with E-state index in [1.807, 2.05) is 19.1 Å². The highest BCUT2D eigenvalue weighted by Crippen LogP contribution is 2.31. The van der Waals surface area contributed by atoms with Gasteiger partial charge in [0, 0.05) is 0 Å². The second-order valence-corrected chi connectivity index (χ2v) is 8.05. The third kappa shape index (κ3) is 5.22. The van der Waals surface area contributed by atoms with Crippen molar-refractivity contribution in [2.45, 2.75) is 33.1 Å². The number of fused-ring (bicyclic) bond motifs is 1. The molecule has 0 saturated carbocycles. The van der Waals surface area contributed by atoms with Crippen LogP contribution in [0, 0.1) is 11.3 Å². The van der Waals surface area contributed by atoms with Crippen LogP contribution in [0.5, 0.6) is 11.5 Å². The molecule has 1 aromatic heterocycles. The van der Waals surface area contributed by atoms with Crippen LogP contribution >= 0.6 is 11.3 Å². The first-order chi connectivity index (χ1) is 15.0. The lowest BCUT2D eigenvalue weighted by atomic mass is 9.99.